The lowest BCUT2D eigenvalue weighted by Crippen LogP contribution is -2.52. The molecule has 0 spiro atoms. The maximum Gasteiger partial charge on any atom is 0.253 e. The molecule has 24 heavy (non-hydrogen) atoms. The molecule has 2 amide bonds. The van der Waals surface area contributed by atoms with Crippen molar-refractivity contribution in [1.82, 2.24) is 9.80 Å². The van der Waals surface area contributed by atoms with E-state index in [1.54, 1.807) is 0 Å². The third kappa shape index (κ3) is 3.61. The van der Waals surface area contributed by atoms with Crippen LogP contribution in [0.5, 0.6) is 0 Å². The molecule has 0 N–H and O–H groups in total. The Bertz CT molecular complexity index is 583. The first-order valence-electron chi connectivity index (χ1n) is 8.86. The lowest BCUT2D eigenvalue weighted by atomic mass is 10.0. The Morgan fingerprint density at radius 2 is 1.67 bits per heavy atom. The summed E-state index contributed by atoms with van der Waals surface area (Å²) in [6.07, 6.45) is 1.51. The van der Waals surface area contributed by atoms with Crippen molar-refractivity contribution in [3.63, 3.8) is 0 Å². The maximum atomic E-state index is 12.6. The van der Waals surface area contributed by atoms with E-state index >= 15 is 0 Å². The van der Waals surface area contributed by atoms with Crippen molar-refractivity contribution in [3.05, 3.63) is 35.4 Å². The molecule has 2 heterocycles. The summed E-state index contributed by atoms with van der Waals surface area (Å²) in [5, 5.41) is 0. The van der Waals surface area contributed by atoms with E-state index < -0.39 is 0 Å². The topological polar surface area (TPSA) is 49.9 Å². The highest BCUT2D eigenvalue weighted by molar-refractivity contribution is 5.94. The van der Waals surface area contributed by atoms with Gasteiger partial charge in [-0.05, 0) is 36.5 Å². The summed E-state index contributed by atoms with van der Waals surface area (Å²) < 4.78 is 5.47. The van der Waals surface area contributed by atoms with Crippen LogP contribution in [-0.4, -0.2) is 60.5 Å². The third-order valence-corrected chi connectivity index (χ3v) is 4.91. The average molecular weight is 330 g/mol. The highest BCUT2D eigenvalue weighted by Crippen LogP contribution is 2.18. The normalized spacial score (nSPS) is 21.4. The number of hydrogen-bond acceptors (Lipinski definition) is 3. The summed E-state index contributed by atoms with van der Waals surface area (Å²) in [5.41, 5.74) is 1.96. The fourth-order valence-corrected chi connectivity index (χ4v) is 3.30. The van der Waals surface area contributed by atoms with Crippen molar-refractivity contribution < 1.29 is 14.3 Å². The number of hydrogen-bond donors (Lipinski definition) is 0. The molecule has 2 aliphatic heterocycles. The number of rotatable bonds is 3. The maximum absolute atomic E-state index is 12.6. The van der Waals surface area contributed by atoms with E-state index in [9.17, 15) is 9.59 Å². The van der Waals surface area contributed by atoms with Gasteiger partial charge < -0.3 is 14.5 Å². The van der Waals surface area contributed by atoms with Crippen LogP contribution < -0.4 is 0 Å². The zero-order chi connectivity index (χ0) is 17.1. The SMILES string of the molecule is CC(C)c1ccc(C(=O)N2CCN(C(=O)C3CCCO3)CC2)cc1. The van der Waals surface area contributed by atoms with Gasteiger partial charge in [-0.1, -0.05) is 26.0 Å². The second kappa shape index (κ2) is 7.34. The standard InChI is InChI=1S/C19H26N2O3/c1-14(2)15-5-7-16(8-6-15)18(22)20-9-11-21(12-10-20)19(23)17-4-3-13-24-17/h5-8,14,17H,3-4,9-13H2,1-2H3. The van der Waals surface area contributed by atoms with Gasteiger partial charge in [0, 0.05) is 38.3 Å². The largest absolute Gasteiger partial charge is 0.368 e. The van der Waals surface area contributed by atoms with Gasteiger partial charge in [0.2, 0.25) is 0 Å². The van der Waals surface area contributed by atoms with Crippen LogP contribution >= 0.6 is 0 Å². The molecule has 1 unspecified atom stereocenters. The zero-order valence-electron chi connectivity index (χ0n) is 14.5. The molecular weight excluding hydrogens is 304 g/mol. The fourth-order valence-electron chi connectivity index (χ4n) is 3.30. The van der Waals surface area contributed by atoms with Crippen molar-refractivity contribution >= 4 is 11.8 Å². The van der Waals surface area contributed by atoms with Crippen LogP contribution in [0.25, 0.3) is 0 Å². The summed E-state index contributed by atoms with van der Waals surface area (Å²) >= 11 is 0. The average Bonchev–Trinajstić information content (AvgIpc) is 3.15. The van der Waals surface area contributed by atoms with Gasteiger partial charge in [0.1, 0.15) is 6.10 Å². The van der Waals surface area contributed by atoms with E-state index in [-0.39, 0.29) is 17.9 Å². The first kappa shape index (κ1) is 17.0. The second-order valence-electron chi connectivity index (χ2n) is 6.90. The van der Waals surface area contributed by atoms with Crippen molar-refractivity contribution in [2.45, 2.75) is 38.7 Å². The smallest absolute Gasteiger partial charge is 0.253 e. The molecule has 2 fully saturated rings. The minimum absolute atomic E-state index is 0.0505. The highest BCUT2D eigenvalue weighted by Gasteiger charge is 2.31. The summed E-state index contributed by atoms with van der Waals surface area (Å²) in [5.74, 6) is 0.594. The Hall–Kier alpha value is -1.88. The van der Waals surface area contributed by atoms with Crippen molar-refractivity contribution in [1.29, 1.82) is 0 Å². The van der Waals surface area contributed by atoms with Crippen LogP contribution in [0.15, 0.2) is 24.3 Å². The molecule has 5 nitrogen and oxygen atoms in total. The molecule has 2 aliphatic rings. The number of nitrogens with zero attached hydrogens (tertiary/aromatic N) is 2. The number of ether oxygens (including phenoxy) is 1. The Balaban J connectivity index is 1.55. The first-order chi connectivity index (χ1) is 11.6. The van der Waals surface area contributed by atoms with Gasteiger partial charge in [-0.3, -0.25) is 9.59 Å². The minimum Gasteiger partial charge on any atom is -0.368 e. The molecule has 0 saturated carbocycles. The molecular formula is C19H26N2O3. The summed E-state index contributed by atoms with van der Waals surface area (Å²) in [6, 6.07) is 7.85. The van der Waals surface area contributed by atoms with E-state index in [1.165, 1.54) is 5.56 Å². The van der Waals surface area contributed by atoms with Crippen molar-refractivity contribution in [2.24, 2.45) is 0 Å². The van der Waals surface area contributed by atoms with Crippen LogP contribution in [-0.2, 0) is 9.53 Å². The van der Waals surface area contributed by atoms with E-state index in [1.807, 2.05) is 34.1 Å². The van der Waals surface area contributed by atoms with E-state index in [0.717, 1.165) is 18.4 Å². The number of carbonyl (C=O) groups excluding carboxylic acids is 2. The number of amides is 2. The Labute approximate surface area is 143 Å². The lowest BCUT2D eigenvalue weighted by Gasteiger charge is -2.35. The van der Waals surface area contributed by atoms with Crippen LogP contribution in [0.3, 0.4) is 0 Å². The minimum atomic E-state index is -0.268. The van der Waals surface area contributed by atoms with Crippen LogP contribution in [0.1, 0.15) is 48.5 Å². The third-order valence-electron chi connectivity index (χ3n) is 4.91. The molecule has 0 bridgehead atoms. The number of benzene rings is 1. The fraction of sp³-hybridized carbons (Fsp3) is 0.579. The van der Waals surface area contributed by atoms with Gasteiger partial charge in [-0.25, -0.2) is 0 Å². The van der Waals surface area contributed by atoms with E-state index in [4.69, 9.17) is 4.74 Å². The molecule has 130 valence electrons. The van der Waals surface area contributed by atoms with Gasteiger partial charge in [0.05, 0.1) is 0 Å². The molecule has 0 aliphatic carbocycles. The zero-order valence-corrected chi connectivity index (χ0v) is 14.5. The molecule has 1 atom stereocenters. The van der Waals surface area contributed by atoms with Crippen LogP contribution in [0, 0.1) is 0 Å². The first-order valence-corrected chi connectivity index (χ1v) is 8.86. The predicted octanol–water partition coefficient (Wildman–Crippen LogP) is 2.27. The van der Waals surface area contributed by atoms with Gasteiger partial charge in [-0.15, -0.1) is 0 Å². The molecule has 3 rings (SSSR count). The van der Waals surface area contributed by atoms with E-state index in [2.05, 4.69) is 13.8 Å². The van der Waals surface area contributed by atoms with Gasteiger partial charge in [-0.2, -0.15) is 0 Å². The van der Waals surface area contributed by atoms with Crippen molar-refractivity contribution in [3.8, 4) is 0 Å². The monoisotopic (exact) mass is 330 g/mol. The van der Waals surface area contributed by atoms with Crippen LogP contribution in [0.2, 0.25) is 0 Å². The molecule has 1 aromatic carbocycles. The molecule has 0 aromatic heterocycles. The van der Waals surface area contributed by atoms with Gasteiger partial charge in [0.15, 0.2) is 0 Å². The van der Waals surface area contributed by atoms with Crippen LogP contribution in [0.4, 0.5) is 0 Å². The molecule has 0 radical (unpaired) electrons. The second-order valence-corrected chi connectivity index (χ2v) is 6.90. The molecule has 5 heteroatoms. The Morgan fingerprint density at radius 3 is 2.21 bits per heavy atom. The molecule has 1 aromatic rings. The van der Waals surface area contributed by atoms with Gasteiger partial charge in [0.25, 0.3) is 11.8 Å². The Kier molecular flexibility index (Phi) is 5.19. The predicted molar refractivity (Wildman–Crippen MR) is 92.0 cm³/mol. The number of carbonyl (C=O) groups is 2. The summed E-state index contributed by atoms with van der Waals surface area (Å²) in [7, 11) is 0. The van der Waals surface area contributed by atoms with Crippen molar-refractivity contribution in [2.75, 3.05) is 32.8 Å². The number of piperazine rings is 1. The Morgan fingerprint density at radius 1 is 1.04 bits per heavy atom. The van der Waals surface area contributed by atoms with E-state index in [0.29, 0.717) is 38.7 Å². The highest BCUT2D eigenvalue weighted by atomic mass is 16.5. The quantitative estimate of drug-likeness (QED) is 0.854. The molecule has 2 saturated heterocycles. The summed E-state index contributed by atoms with van der Waals surface area (Å²) in [6.45, 7) is 7.32. The lowest BCUT2D eigenvalue weighted by molar-refractivity contribution is -0.142. The summed E-state index contributed by atoms with van der Waals surface area (Å²) in [4.78, 5) is 28.6. The van der Waals surface area contributed by atoms with Gasteiger partial charge >= 0.3 is 0 Å².